The molecule has 4 aromatic carbocycles. The van der Waals surface area contributed by atoms with Crippen LogP contribution in [0.3, 0.4) is 0 Å². The number of imidazole rings is 2. The van der Waals surface area contributed by atoms with E-state index in [0.717, 1.165) is 89.8 Å². The van der Waals surface area contributed by atoms with Gasteiger partial charge in [-0.2, -0.15) is 10.2 Å². The first kappa shape index (κ1) is 62.2. The zero-order valence-electron chi connectivity index (χ0n) is 50.5. The van der Waals surface area contributed by atoms with Crippen LogP contribution in [-0.2, 0) is 27.1 Å². The van der Waals surface area contributed by atoms with Gasteiger partial charge >= 0.3 is 13.2 Å². The van der Waals surface area contributed by atoms with Crippen LogP contribution in [0.1, 0.15) is 48.5 Å². The Morgan fingerprint density at radius 3 is 1.75 bits per heavy atom. The number of halogens is 5. The van der Waals surface area contributed by atoms with Crippen molar-refractivity contribution < 1.29 is 27.6 Å². The number of carbonyl (C=O) groups excluding carboxylic acids is 1. The van der Waals surface area contributed by atoms with E-state index in [1.54, 1.807) is 47.2 Å². The first-order valence-electron chi connectivity index (χ1n) is 28.8. The van der Waals surface area contributed by atoms with Gasteiger partial charge in [0.25, 0.3) is 0 Å². The summed E-state index contributed by atoms with van der Waals surface area (Å²) in [6, 6.07) is 36.7. The van der Waals surface area contributed by atoms with Gasteiger partial charge in [-0.1, -0.05) is 47.5 Å². The van der Waals surface area contributed by atoms with Crippen LogP contribution in [0.25, 0.3) is 89.3 Å². The van der Waals surface area contributed by atoms with E-state index < -0.39 is 12.7 Å². The molecule has 1 amide bonds. The number of benzene rings is 4. The number of nitrogens with one attached hydrogen (secondary N) is 1. The summed E-state index contributed by atoms with van der Waals surface area (Å²) < 4.78 is 55.5. The van der Waals surface area contributed by atoms with Gasteiger partial charge in [0, 0.05) is 128 Å². The van der Waals surface area contributed by atoms with Gasteiger partial charge in [-0.15, -0.1) is 0 Å². The molecule has 0 bridgehead atoms. The second-order valence-corrected chi connectivity index (χ2v) is 25.3. The van der Waals surface area contributed by atoms with Gasteiger partial charge in [0.15, 0.2) is 0 Å². The molecule has 22 heteroatoms. The lowest BCUT2D eigenvalue weighted by molar-refractivity contribution is 0.00578. The van der Waals surface area contributed by atoms with Crippen LogP contribution < -0.4 is 10.8 Å². The molecular formula is C67H64BBrCl2F2N12O4. The van der Waals surface area contributed by atoms with E-state index in [4.69, 9.17) is 47.2 Å². The van der Waals surface area contributed by atoms with E-state index in [-0.39, 0.29) is 28.9 Å². The molecule has 12 aromatic rings. The van der Waals surface area contributed by atoms with Crippen molar-refractivity contribution in [2.75, 3.05) is 27.2 Å². The number of amides is 1. The van der Waals surface area contributed by atoms with E-state index in [1.165, 1.54) is 18.2 Å². The number of fused-ring (bicyclic) bond motifs is 4. The summed E-state index contributed by atoms with van der Waals surface area (Å²) in [6.45, 7) is 16.3. The number of ether oxygens (including phenoxy) is 1. The monoisotopic (exact) mass is 1300 g/mol. The van der Waals surface area contributed by atoms with Crippen molar-refractivity contribution in [3.05, 3.63) is 197 Å². The third-order valence-corrected chi connectivity index (χ3v) is 16.3. The van der Waals surface area contributed by atoms with Crippen LogP contribution in [0.4, 0.5) is 13.6 Å². The highest BCUT2D eigenvalue weighted by Crippen LogP contribution is 2.40. The lowest BCUT2D eigenvalue weighted by atomic mass is 9.82. The van der Waals surface area contributed by atoms with Gasteiger partial charge in [-0.3, -0.25) is 28.1 Å². The molecule has 8 aromatic heterocycles. The van der Waals surface area contributed by atoms with Crippen molar-refractivity contribution in [2.24, 2.45) is 0 Å². The molecule has 1 fully saturated rings. The molecule has 1 N–H and O–H groups in total. The number of likely N-dealkylation sites (N-methyl/N-ethyl adjacent to an activating group) is 2. The Kier molecular flexibility index (Phi) is 17.9. The second kappa shape index (κ2) is 25.6. The molecule has 0 saturated carbocycles. The molecule has 1 saturated heterocycles. The van der Waals surface area contributed by atoms with E-state index in [0.29, 0.717) is 45.6 Å². The second-order valence-electron chi connectivity index (χ2n) is 23.5. The third-order valence-electron chi connectivity index (χ3n) is 15.4. The topological polar surface area (TPSA) is 156 Å². The zero-order chi connectivity index (χ0) is 62.9. The average Bonchev–Trinajstić information content (AvgIpc) is 2.32. The average molecular weight is 1300 g/mol. The van der Waals surface area contributed by atoms with Crippen molar-refractivity contribution in [2.45, 2.75) is 78.4 Å². The fraction of sp³-hybridized carbons (Fsp3) is 0.239. The van der Waals surface area contributed by atoms with Gasteiger partial charge < -0.3 is 24.3 Å². The first-order chi connectivity index (χ1) is 42.5. The van der Waals surface area contributed by atoms with Gasteiger partial charge in [-0.05, 0) is 169 Å². The van der Waals surface area contributed by atoms with Crippen LogP contribution >= 0.6 is 39.1 Å². The Morgan fingerprint density at radius 2 is 1.19 bits per heavy atom. The predicted octanol–water partition coefficient (Wildman–Crippen LogP) is 14.9. The Balaban J connectivity index is 0.000000141. The Bertz CT molecular complexity index is 4570. The molecular weight excluding hydrogens is 1240 g/mol. The summed E-state index contributed by atoms with van der Waals surface area (Å²) in [4.78, 5) is 32.1. The minimum absolute atomic E-state index is 0.342. The minimum Gasteiger partial charge on any atom is -0.444 e. The molecule has 13 rings (SSSR count). The lowest BCUT2D eigenvalue weighted by Crippen LogP contribution is -2.41. The first-order valence-corrected chi connectivity index (χ1v) is 30.4. The Morgan fingerprint density at radius 1 is 0.663 bits per heavy atom. The third kappa shape index (κ3) is 13.8. The maximum atomic E-state index is 14.9. The molecule has 1 aliphatic rings. The normalized spacial score (nSPS) is 13.6. The van der Waals surface area contributed by atoms with Crippen LogP contribution in [0.15, 0.2) is 175 Å². The summed E-state index contributed by atoms with van der Waals surface area (Å²) in [5.74, 6) is -0.733. The Hall–Kier alpha value is -8.37. The van der Waals surface area contributed by atoms with Gasteiger partial charge in [0.1, 0.15) is 39.9 Å². The number of hydrogen-bond donors (Lipinski definition) is 1. The largest absolute Gasteiger partial charge is 0.498 e. The minimum atomic E-state index is -0.499. The smallest absolute Gasteiger partial charge is 0.444 e. The molecule has 0 atom stereocenters. The van der Waals surface area contributed by atoms with E-state index in [1.807, 2.05) is 179 Å². The highest BCUT2D eigenvalue weighted by molar-refractivity contribution is 9.10. The van der Waals surface area contributed by atoms with Gasteiger partial charge in [-0.25, -0.2) is 23.5 Å². The molecule has 454 valence electrons. The van der Waals surface area contributed by atoms with E-state index >= 15 is 0 Å². The standard InChI is InChI=1S/C28H22ClFN6.C22H12BrClFN3.C17H30BN3O4/c1-31-9-11-35-17-21(16-33-35)20-13-19-12-18(5-8-25(19)32-15-20)28-27(23-14-22(29)6-7-24(23)30)34-26-4-2-3-10-36(26)28;23-15-10-14-9-13(4-7-19(14)26-12-15)22-21(17-11-16(24)5-6-18(17)25)27-20-3-1-2-8-28(20)22;1-15(2,3)23-14(22)20(8)9-10-21-12-13(11-19-21)18-24-16(4,5)17(6,7)25-18/h2-8,10,12-17,31H,9,11H2,1H3;1-12H;11-12H,9-10H2,1-8H3. The molecule has 1 aliphatic heterocycles. The molecule has 0 radical (unpaired) electrons. The molecule has 0 unspecified atom stereocenters. The Labute approximate surface area is 532 Å². The fourth-order valence-corrected chi connectivity index (χ4v) is 10.8. The molecule has 9 heterocycles. The van der Waals surface area contributed by atoms with Gasteiger partial charge in [0.2, 0.25) is 0 Å². The van der Waals surface area contributed by atoms with E-state index in [9.17, 15) is 13.6 Å². The SMILES string of the molecule is CN(CCn1cc(B2OC(C)(C)C(C)(C)O2)cn1)C(=O)OC(C)(C)C.CNCCn1cc(-c2cnc3ccc(-c4c(-c5cc(Cl)ccc5F)nc5ccccn45)cc3c2)cn1.Fc1ccc(Cl)cc1-c1nc2ccccn2c1-c1ccc2ncc(Br)cc2c1. The number of hydrogen-bond acceptors (Lipinski definition) is 11. The summed E-state index contributed by atoms with van der Waals surface area (Å²) in [7, 11) is 3.21. The predicted molar refractivity (Wildman–Crippen MR) is 352 cm³/mol. The quantitative estimate of drug-likeness (QED) is 0.116. The van der Waals surface area contributed by atoms with Crippen LogP contribution in [-0.4, -0.2) is 110 Å². The summed E-state index contributed by atoms with van der Waals surface area (Å²) in [6.07, 6.45) is 14.7. The van der Waals surface area contributed by atoms with Crippen LogP contribution in [0, 0.1) is 11.6 Å². The number of nitrogens with zero attached hydrogens (tertiary/aromatic N) is 11. The van der Waals surface area contributed by atoms with Crippen molar-refractivity contribution in [3.8, 4) is 56.2 Å². The maximum absolute atomic E-state index is 14.9. The number of aromatic nitrogens is 10. The maximum Gasteiger partial charge on any atom is 0.498 e. The molecule has 16 nitrogen and oxygen atoms in total. The van der Waals surface area contributed by atoms with Crippen molar-refractivity contribution in [1.29, 1.82) is 0 Å². The summed E-state index contributed by atoms with van der Waals surface area (Å²) in [5, 5.41) is 14.8. The molecule has 0 aliphatic carbocycles. The number of pyridine rings is 4. The highest BCUT2D eigenvalue weighted by atomic mass is 79.9. The summed E-state index contributed by atoms with van der Waals surface area (Å²) in [5.41, 5.74) is 10.1. The number of rotatable bonds is 12. The van der Waals surface area contributed by atoms with Gasteiger partial charge in [0.05, 0.1) is 52.9 Å². The fourth-order valence-electron chi connectivity index (χ4n) is 10.1. The van der Waals surface area contributed by atoms with E-state index in [2.05, 4.69) is 53.5 Å². The van der Waals surface area contributed by atoms with Crippen molar-refractivity contribution >= 4 is 90.9 Å². The molecule has 89 heavy (non-hydrogen) atoms. The number of carbonyl (C=O) groups is 1. The van der Waals surface area contributed by atoms with Crippen molar-refractivity contribution in [1.82, 2.24) is 58.5 Å². The lowest BCUT2D eigenvalue weighted by Gasteiger charge is -2.32. The molecule has 0 spiro atoms. The summed E-state index contributed by atoms with van der Waals surface area (Å²) >= 11 is 15.8. The zero-order valence-corrected chi connectivity index (χ0v) is 53.6. The van der Waals surface area contributed by atoms with Crippen LogP contribution in [0.5, 0.6) is 0 Å². The highest BCUT2D eigenvalue weighted by Gasteiger charge is 2.52. The van der Waals surface area contributed by atoms with Crippen molar-refractivity contribution in [3.63, 3.8) is 0 Å². The van der Waals surface area contributed by atoms with Crippen LogP contribution in [0.2, 0.25) is 10.0 Å².